The zero-order valence-corrected chi connectivity index (χ0v) is 7.91. The van der Waals surface area contributed by atoms with Gasteiger partial charge in [-0.25, -0.2) is 0 Å². The van der Waals surface area contributed by atoms with Crippen LogP contribution >= 0.6 is 0 Å². The standard InChI is InChI=1S/C9H12.Ti/c1-9-3-2-6(5-9)7-4-8(7)9;/h6-8H,2-3,5H2,1H3;. The fourth-order valence-electron chi connectivity index (χ4n) is 3.53. The van der Waals surface area contributed by atoms with Gasteiger partial charge in [0.2, 0.25) is 0 Å². The monoisotopic (exact) mass is 168 g/mol. The third-order valence-corrected chi connectivity index (χ3v) is 5.02. The average molecular weight is 168 g/mol. The topological polar surface area (TPSA) is 0 Å². The van der Waals surface area contributed by atoms with Crippen LogP contribution < -0.4 is 0 Å². The van der Waals surface area contributed by atoms with E-state index in [1.165, 1.54) is 12.8 Å². The molecular formula is C9H12Ti. The fraction of sp³-hybridized carbons (Fsp3) is 0.889. The molecule has 4 atom stereocenters. The second-order valence-corrected chi connectivity index (χ2v) is 5.52. The summed E-state index contributed by atoms with van der Waals surface area (Å²) >= 11 is 2.38. The molecule has 3 rings (SSSR count). The summed E-state index contributed by atoms with van der Waals surface area (Å²) in [6, 6.07) is 0. The normalized spacial score (nSPS) is 62.8. The van der Waals surface area contributed by atoms with E-state index in [4.69, 9.17) is 0 Å². The van der Waals surface area contributed by atoms with Crippen LogP contribution in [0.2, 0.25) is 0 Å². The number of hydrogen-bond acceptors (Lipinski definition) is 0. The van der Waals surface area contributed by atoms with Gasteiger partial charge in [0.25, 0.3) is 0 Å². The minimum atomic E-state index is 0.777. The molecule has 0 aromatic heterocycles. The summed E-state index contributed by atoms with van der Waals surface area (Å²) in [7, 11) is 0. The third-order valence-electron chi connectivity index (χ3n) is 4.02. The van der Waals surface area contributed by atoms with Crippen LogP contribution in [0.25, 0.3) is 0 Å². The van der Waals surface area contributed by atoms with Crippen LogP contribution in [0.5, 0.6) is 0 Å². The van der Waals surface area contributed by atoms with E-state index in [0.29, 0.717) is 0 Å². The molecule has 0 saturated heterocycles. The van der Waals surface area contributed by atoms with Gasteiger partial charge >= 0.3 is 73.1 Å². The Balaban J connectivity index is 2.08. The Kier molecular flexibility index (Phi) is 0.931. The van der Waals surface area contributed by atoms with Crippen molar-refractivity contribution in [2.45, 2.75) is 26.2 Å². The molecule has 0 aliphatic heterocycles. The fourth-order valence-corrected chi connectivity index (χ4v) is 4.85. The van der Waals surface area contributed by atoms with Gasteiger partial charge < -0.3 is 0 Å². The number of rotatable bonds is 0. The van der Waals surface area contributed by atoms with Crippen LogP contribution in [-0.2, 0) is 20.0 Å². The van der Waals surface area contributed by atoms with E-state index in [9.17, 15) is 0 Å². The van der Waals surface area contributed by atoms with Crippen molar-refractivity contribution in [2.24, 2.45) is 23.2 Å². The molecule has 3 saturated carbocycles. The first-order chi connectivity index (χ1) is 4.72. The molecule has 0 aromatic carbocycles. The second kappa shape index (κ2) is 1.52. The molecule has 1 heteroatoms. The van der Waals surface area contributed by atoms with Gasteiger partial charge in [0.05, 0.1) is 0 Å². The van der Waals surface area contributed by atoms with Gasteiger partial charge in [0.15, 0.2) is 0 Å². The Bertz CT molecular complexity index is 221. The van der Waals surface area contributed by atoms with Crippen LogP contribution in [0.3, 0.4) is 0 Å². The van der Waals surface area contributed by atoms with Crippen molar-refractivity contribution >= 4 is 3.81 Å². The molecule has 3 fully saturated rings. The molecule has 0 radical (unpaired) electrons. The van der Waals surface area contributed by atoms with Gasteiger partial charge in [-0.1, -0.05) is 0 Å². The summed E-state index contributed by atoms with van der Waals surface area (Å²) in [6.45, 7) is 2.51. The summed E-state index contributed by atoms with van der Waals surface area (Å²) in [6.07, 6.45) is 4.62. The minimum absolute atomic E-state index is 0.777. The molecule has 52 valence electrons. The summed E-state index contributed by atoms with van der Waals surface area (Å²) in [4.78, 5) is 0. The Morgan fingerprint density at radius 2 is 2.40 bits per heavy atom. The summed E-state index contributed by atoms with van der Waals surface area (Å²) < 4.78 is 1.84. The van der Waals surface area contributed by atoms with Crippen molar-refractivity contribution in [1.82, 2.24) is 0 Å². The molecule has 0 heterocycles. The first-order valence-electron chi connectivity index (χ1n) is 4.31. The molecule has 3 aliphatic carbocycles. The average Bonchev–Trinajstić information content (AvgIpc) is 2.37. The van der Waals surface area contributed by atoms with E-state index in [-0.39, 0.29) is 0 Å². The van der Waals surface area contributed by atoms with E-state index in [0.717, 1.165) is 23.2 Å². The van der Waals surface area contributed by atoms with Crippen LogP contribution in [0.15, 0.2) is 0 Å². The van der Waals surface area contributed by atoms with Gasteiger partial charge in [-0.3, -0.25) is 0 Å². The second-order valence-electron chi connectivity index (χ2n) is 4.62. The Labute approximate surface area is 73.3 Å². The van der Waals surface area contributed by atoms with Crippen molar-refractivity contribution in [1.29, 1.82) is 0 Å². The molecule has 2 bridgehead atoms. The first-order valence-corrected chi connectivity index (χ1v) is 5.09. The van der Waals surface area contributed by atoms with E-state index in [2.05, 4.69) is 26.9 Å². The first kappa shape index (κ1) is 6.14. The molecule has 3 aliphatic rings. The van der Waals surface area contributed by atoms with Crippen molar-refractivity contribution in [2.75, 3.05) is 0 Å². The maximum atomic E-state index is 2.51. The molecule has 4 unspecified atom stereocenters. The number of hydrogen-bond donors (Lipinski definition) is 0. The molecule has 10 heavy (non-hydrogen) atoms. The third kappa shape index (κ3) is 0.495. The van der Waals surface area contributed by atoms with Crippen LogP contribution in [0.1, 0.15) is 26.2 Å². The van der Waals surface area contributed by atoms with Crippen LogP contribution in [0, 0.1) is 23.2 Å². The van der Waals surface area contributed by atoms with E-state index in [1.54, 1.807) is 6.42 Å². The summed E-state index contributed by atoms with van der Waals surface area (Å²) in [5.74, 6) is 3.29. The Morgan fingerprint density at radius 1 is 1.60 bits per heavy atom. The Hall–Kier alpha value is 0.584. The van der Waals surface area contributed by atoms with Gasteiger partial charge in [0.1, 0.15) is 0 Å². The molecular weight excluding hydrogens is 156 g/mol. The van der Waals surface area contributed by atoms with E-state index < -0.39 is 0 Å². The van der Waals surface area contributed by atoms with Crippen molar-refractivity contribution in [3.05, 3.63) is 0 Å². The van der Waals surface area contributed by atoms with E-state index >= 15 is 0 Å². The maximum absolute atomic E-state index is 2.51. The van der Waals surface area contributed by atoms with Crippen molar-refractivity contribution in [3.8, 4) is 0 Å². The molecule has 0 amide bonds. The predicted molar refractivity (Wildman–Crippen MR) is 37.4 cm³/mol. The van der Waals surface area contributed by atoms with Crippen molar-refractivity contribution < 1.29 is 20.0 Å². The van der Waals surface area contributed by atoms with Gasteiger partial charge in [-0.05, 0) is 0 Å². The number of fused-ring (bicyclic) bond motifs is 5. The van der Waals surface area contributed by atoms with Crippen molar-refractivity contribution in [3.63, 3.8) is 0 Å². The van der Waals surface area contributed by atoms with Gasteiger partial charge in [0, 0.05) is 0 Å². The van der Waals surface area contributed by atoms with Gasteiger partial charge in [-0.2, -0.15) is 0 Å². The molecule has 0 spiro atoms. The quantitative estimate of drug-likeness (QED) is 0.483. The molecule has 0 N–H and O–H groups in total. The van der Waals surface area contributed by atoms with Crippen LogP contribution in [0.4, 0.5) is 0 Å². The summed E-state index contributed by atoms with van der Waals surface area (Å²) in [5.41, 5.74) is 0.777. The predicted octanol–water partition coefficient (Wildman–Crippen LogP) is 1.77. The molecule has 0 aromatic rings. The Morgan fingerprint density at radius 3 is 2.90 bits per heavy atom. The zero-order valence-electron chi connectivity index (χ0n) is 6.35. The van der Waals surface area contributed by atoms with Crippen LogP contribution in [-0.4, -0.2) is 3.81 Å². The molecule has 0 nitrogen and oxygen atoms in total. The SMILES string of the molecule is CC12CCC(C1)C1[C](=[Ti])C12. The van der Waals surface area contributed by atoms with Gasteiger partial charge in [-0.15, -0.1) is 0 Å². The zero-order chi connectivity index (χ0) is 6.93. The summed E-state index contributed by atoms with van der Waals surface area (Å²) in [5, 5.41) is 0. The van der Waals surface area contributed by atoms with E-state index in [1.807, 2.05) is 3.81 Å².